The van der Waals surface area contributed by atoms with Crippen molar-refractivity contribution in [2.45, 2.75) is 26.7 Å². The Labute approximate surface area is 170 Å². The first-order valence-electron chi connectivity index (χ1n) is 10.00. The number of anilines is 1. The molecule has 8 heteroatoms. The lowest BCUT2D eigenvalue weighted by molar-refractivity contribution is -0.131. The van der Waals surface area contributed by atoms with Crippen molar-refractivity contribution in [3.8, 4) is 5.75 Å². The third-order valence-corrected chi connectivity index (χ3v) is 5.11. The Morgan fingerprint density at radius 1 is 1.14 bits per heavy atom. The molecule has 1 aliphatic rings. The summed E-state index contributed by atoms with van der Waals surface area (Å²) in [5.41, 5.74) is 2.08. The van der Waals surface area contributed by atoms with Crippen molar-refractivity contribution >= 4 is 17.5 Å². The summed E-state index contributed by atoms with van der Waals surface area (Å²) in [6.07, 6.45) is 2.74. The Kier molecular flexibility index (Phi) is 5.59. The number of piperazine rings is 1. The fourth-order valence-electron chi connectivity index (χ4n) is 3.60. The normalized spacial score (nSPS) is 14.4. The van der Waals surface area contributed by atoms with Crippen molar-refractivity contribution in [1.29, 1.82) is 0 Å². The lowest BCUT2D eigenvalue weighted by atomic mass is 10.2. The van der Waals surface area contributed by atoms with E-state index in [2.05, 4.69) is 20.0 Å². The van der Waals surface area contributed by atoms with E-state index in [1.54, 1.807) is 4.52 Å². The van der Waals surface area contributed by atoms with Crippen LogP contribution in [-0.4, -0.2) is 63.2 Å². The Morgan fingerprint density at radius 3 is 2.76 bits per heavy atom. The van der Waals surface area contributed by atoms with Gasteiger partial charge >= 0.3 is 0 Å². The van der Waals surface area contributed by atoms with E-state index in [1.807, 2.05) is 49.1 Å². The minimum atomic E-state index is 0.189. The SMILES string of the molecule is Cc1cccc(OCCCC(=O)N2CCN(c3cc(C)nc4ncnn34)CC2)c1. The number of ether oxygens (including phenoxy) is 1. The van der Waals surface area contributed by atoms with Crippen LogP contribution in [0.25, 0.3) is 5.78 Å². The summed E-state index contributed by atoms with van der Waals surface area (Å²) in [7, 11) is 0. The zero-order valence-corrected chi connectivity index (χ0v) is 16.9. The Bertz CT molecular complexity index is 994. The molecule has 1 aliphatic heterocycles. The van der Waals surface area contributed by atoms with Crippen LogP contribution in [0.5, 0.6) is 5.75 Å². The van der Waals surface area contributed by atoms with Crippen LogP contribution in [0.4, 0.5) is 5.82 Å². The number of amides is 1. The summed E-state index contributed by atoms with van der Waals surface area (Å²) in [5.74, 6) is 2.63. The molecule has 4 rings (SSSR count). The number of aromatic nitrogens is 4. The Morgan fingerprint density at radius 2 is 1.97 bits per heavy atom. The van der Waals surface area contributed by atoms with Crippen molar-refractivity contribution in [3.63, 3.8) is 0 Å². The van der Waals surface area contributed by atoms with Crippen LogP contribution in [0.2, 0.25) is 0 Å². The van der Waals surface area contributed by atoms with Crippen molar-refractivity contribution in [2.75, 3.05) is 37.7 Å². The average Bonchev–Trinajstić information content (AvgIpc) is 3.19. The smallest absolute Gasteiger partial charge is 0.254 e. The quantitative estimate of drug-likeness (QED) is 0.597. The van der Waals surface area contributed by atoms with Crippen molar-refractivity contribution in [2.24, 2.45) is 0 Å². The van der Waals surface area contributed by atoms with Crippen LogP contribution in [0.1, 0.15) is 24.1 Å². The van der Waals surface area contributed by atoms with E-state index in [0.717, 1.165) is 36.8 Å². The maximum absolute atomic E-state index is 12.5. The first-order chi connectivity index (χ1) is 14.1. The Balaban J connectivity index is 1.26. The number of nitrogens with zero attached hydrogens (tertiary/aromatic N) is 6. The molecule has 0 spiro atoms. The molecule has 0 bridgehead atoms. The third-order valence-electron chi connectivity index (χ3n) is 5.11. The van der Waals surface area contributed by atoms with E-state index < -0.39 is 0 Å². The molecule has 152 valence electrons. The van der Waals surface area contributed by atoms with Gasteiger partial charge in [-0.15, -0.1) is 0 Å². The standard InChI is InChI=1S/C21H26N6O2/c1-16-5-3-6-18(13-16)29-12-4-7-20(28)26-10-8-25(9-11-26)19-14-17(2)24-21-22-15-23-27(19)21/h3,5-6,13-15H,4,7-12H2,1-2H3. The lowest BCUT2D eigenvalue weighted by Gasteiger charge is -2.36. The van der Waals surface area contributed by atoms with Gasteiger partial charge in [0.15, 0.2) is 0 Å². The lowest BCUT2D eigenvalue weighted by Crippen LogP contribution is -2.49. The number of rotatable bonds is 6. The fourth-order valence-corrected chi connectivity index (χ4v) is 3.60. The maximum atomic E-state index is 12.5. The molecule has 1 aromatic carbocycles. The summed E-state index contributed by atoms with van der Waals surface area (Å²) in [6.45, 7) is 7.49. The second-order valence-corrected chi connectivity index (χ2v) is 7.36. The van der Waals surface area contributed by atoms with Gasteiger partial charge in [0.2, 0.25) is 5.91 Å². The zero-order chi connectivity index (χ0) is 20.2. The van der Waals surface area contributed by atoms with E-state index in [1.165, 1.54) is 11.9 Å². The number of aryl methyl sites for hydroxylation is 2. The van der Waals surface area contributed by atoms with Gasteiger partial charge in [0.1, 0.15) is 17.9 Å². The van der Waals surface area contributed by atoms with Gasteiger partial charge in [-0.2, -0.15) is 14.6 Å². The molecule has 0 atom stereocenters. The van der Waals surface area contributed by atoms with Crippen molar-refractivity contribution < 1.29 is 9.53 Å². The largest absolute Gasteiger partial charge is 0.494 e. The van der Waals surface area contributed by atoms with Crippen LogP contribution < -0.4 is 9.64 Å². The van der Waals surface area contributed by atoms with E-state index in [-0.39, 0.29) is 5.91 Å². The van der Waals surface area contributed by atoms with Gasteiger partial charge in [-0.05, 0) is 38.0 Å². The highest BCUT2D eigenvalue weighted by Crippen LogP contribution is 2.18. The second kappa shape index (κ2) is 8.46. The highest BCUT2D eigenvalue weighted by molar-refractivity contribution is 5.76. The Hall–Kier alpha value is -3.16. The van der Waals surface area contributed by atoms with Crippen LogP contribution in [0.15, 0.2) is 36.7 Å². The van der Waals surface area contributed by atoms with E-state index in [0.29, 0.717) is 31.9 Å². The molecular weight excluding hydrogens is 368 g/mol. The topological polar surface area (TPSA) is 75.9 Å². The van der Waals surface area contributed by atoms with Gasteiger partial charge in [0.05, 0.1) is 6.61 Å². The molecule has 0 saturated carbocycles. The molecule has 0 N–H and O–H groups in total. The number of fused-ring (bicyclic) bond motifs is 1. The number of carbonyl (C=O) groups excluding carboxylic acids is 1. The summed E-state index contributed by atoms with van der Waals surface area (Å²) < 4.78 is 7.50. The van der Waals surface area contributed by atoms with Gasteiger partial charge in [0, 0.05) is 44.4 Å². The minimum Gasteiger partial charge on any atom is -0.494 e. The van der Waals surface area contributed by atoms with Gasteiger partial charge in [-0.1, -0.05) is 12.1 Å². The van der Waals surface area contributed by atoms with Gasteiger partial charge in [-0.3, -0.25) is 4.79 Å². The molecule has 0 aliphatic carbocycles. The molecule has 3 aromatic rings. The number of hydrogen-bond acceptors (Lipinski definition) is 6. The molecule has 0 unspecified atom stereocenters. The highest BCUT2D eigenvalue weighted by atomic mass is 16.5. The molecule has 0 radical (unpaired) electrons. The zero-order valence-electron chi connectivity index (χ0n) is 16.9. The van der Waals surface area contributed by atoms with Crippen LogP contribution in [0, 0.1) is 13.8 Å². The van der Waals surface area contributed by atoms with E-state index in [9.17, 15) is 4.79 Å². The molecule has 3 heterocycles. The first kappa shape index (κ1) is 19.2. The minimum absolute atomic E-state index is 0.189. The predicted molar refractivity (Wildman–Crippen MR) is 110 cm³/mol. The number of hydrogen-bond donors (Lipinski definition) is 0. The van der Waals surface area contributed by atoms with Gasteiger partial charge in [0.25, 0.3) is 5.78 Å². The maximum Gasteiger partial charge on any atom is 0.254 e. The van der Waals surface area contributed by atoms with Crippen molar-refractivity contribution in [3.05, 3.63) is 47.9 Å². The molecule has 2 aromatic heterocycles. The third kappa shape index (κ3) is 4.47. The highest BCUT2D eigenvalue weighted by Gasteiger charge is 2.23. The average molecular weight is 394 g/mol. The monoisotopic (exact) mass is 394 g/mol. The number of carbonyl (C=O) groups is 1. The summed E-state index contributed by atoms with van der Waals surface area (Å²) in [4.78, 5) is 25.3. The van der Waals surface area contributed by atoms with Gasteiger partial charge in [-0.25, -0.2) is 4.98 Å². The molecule has 1 saturated heterocycles. The van der Waals surface area contributed by atoms with Crippen LogP contribution in [-0.2, 0) is 4.79 Å². The second-order valence-electron chi connectivity index (χ2n) is 7.36. The molecule has 1 fully saturated rings. The fraction of sp³-hybridized carbons (Fsp3) is 0.429. The molecule has 8 nitrogen and oxygen atoms in total. The van der Waals surface area contributed by atoms with Crippen LogP contribution in [0.3, 0.4) is 0 Å². The summed E-state index contributed by atoms with van der Waals surface area (Å²) in [5, 5.41) is 4.28. The molecule has 1 amide bonds. The summed E-state index contributed by atoms with van der Waals surface area (Å²) >= 11 is 0. The van der Waals surface area contributed by atoms with Crippen LogP contribution >= 0.6 is 0 Å². The number of benzene rings is 1. The van der Waals surface area contributed by atoms with Gasteiger partial charge < -0.3 is 14.5 Å². The van der Waals surface area contributed by atoms with E-state index >= 15 is 0 Å². The predicted octanol–water partition coefficient (Wildman–Crippen LogP) is 2.25. The summed E-state index contributed by atoms with van der Waals surface area (Å²) in [6, 6.07) is 9.99. The first-order valence-corrected chi connectivity index (χ1v) is 10.00. The molecular formula is C21H26N6O2. The van der Waals surface area contributed by atoms with Crippen molar-refractivity contribution in [1.82, 2.24) is 24.5 Å². The molecule has 29 heavy (non-hydrogen) atoms. The van der Waals surface area contributed by atoms with E-state index in [4.69, 9.17) is 4.74 Å².